The largest absolute Gasteiger partial charge is 0.153 e. The van der Waals surface area contributed by atoms with Gasteiger partial charge in [0.2, 0.25) is 0 Å². The predicted octanol–water partition coefficient (Wildman–Crippen LogP) is 3.01. The Labute approximate surface area is 76.6 Å². The average molecular weight is 176 g/mol. The molecule has 2 rings (SSSR count). The van der Waals surface area contributed by atoms with E-state index in [1.807, 2.05) is 0 Å². The van der Waals surface area contributed by atoms with Crippen molar-refractivity contribution in [2.75, 3.05) is 0 Å². The molecular formula is C11H13P. The molecule has 0 aromatic heterocycles. The first kappa shape index (κ1) is 9.22. The maximum atomic E-state index is 2.16. The van der Waals surface area contributed by atoms with Gasteiger partial charge in [-0.3, -0.25) is 0 Å². The molecule has 1 heteroatoms. The third-order valence-electron chi connectivity index (χ3n) is 2.01. The van der Waals surface area contributed by atoms with Crippen molar-refractivity contribution in [1.29, 1.82) is 0 Å². The highest BCUT2D eigenvalue weighted by Crippen LogP contribution is 2.24. The van der Waals surface area contributed by atoms with Gasteiger partial charge < -0.3 is 0 Å². The standard InChI is InChI=1S/C11H10.H3P/c1-9-5-2-3-8-11(9)10-6-4-7-10;/h2-8H,1H3;1H3. The van der Waals surface area contributed by atoms with Gasteiger partial charge in [-0.05, 0) is 23.6 Å². The van der Waals surface area contributed by atoms with Crippen molar-refractivity contribution in [3.63, 3.8) is 0 Å². The molecule has 0 spiro atoms. The summed E-state index contributed by atoms with van der Waals surface area (Å²) >= 11 is 0. The number of allylic oxidation sites excluding steroid dienone is 4. The van der Waals surface area contributed by atoms with Crippen LogP contribution in [0.5, 0.6) is 0 Å². The summed E-state index contributed by atoms with van der Waals surface area (Å²) in [6, 6.07) is 8.45. The second kappa shape index (κ2) is 3.69. The van der Waals surface area contributed by atoms with Crippen LogP contribution in [-0.4, -0.2) is 0 Å². The Balaban J connectivity index is 0.000000720. The fraction of sp³-hybridized carbons (Fsp3) is 0.0909. The van der Waals surface area contributed by atoms with Crippen molar-refractivity contribution in [3.05, 3.63) is 53.6 Å². The van der Waals surface area contributed by atoms with Gasteiger partial charge in [-0.15, -0.1) is 0 Å². The van der Waals surface area contributed by atoms with Crippen molar-refractivity contribution in [2.24, 2.45) is 0 Å². The Hall–Kier alpha value is -0.870. The molecule has 0 fully saturated rings. The fourth-order valence-electron chi connectivity index (χ4n) is 1.27. The van der Waals surface area contributed by atoms with Crippen LogP contribution in [0.3, 0.4) is 0 Å². The Morgan fingerprint density at radius 1 is 1.08 bits per heavy atom. The van der Waals surface area contributed by atoms with E-state index in [0.717, 1.165) is 0 Å². The lowest BCUT2D eigenvalue weighted by Crippen LogP contribution is -1.88. The molecular weight excluding hydrogens is 163 g/mol. The van der Waals surface area contributed by atoms with E-state index in [4.69, 9.17) is 0 Å². The maximum Gasteiger partial charge on any atom is -0.0155 e. The summed E-state index contributed by atoms with van der Waals surface area (Å²) in [6.07, 6.45) is 6.35. The number of aryl methyl sites for hydroxylation is 1. The zero-order valence-electron chi connectivity index (χ0n) is 7.25. The lowest BCUT2D eigenvalue weighted by molar-refractivity contribution is 1.42. The zero-order chi connectivity index (χ0) is 7.68. The van der Waals surface area contributed by atoms with Gasteiger partial charge in [-0.25, -0.2) is 0 Å². The Bertz CT molecular complexity index is 335. The van der Waals surface area contributed by atoms with E-state index in [2.05, 4.69) is 49.4 Å². The summed E-state index contributed by atoms with van der Waals surface area (Å²) in [4.78, 5) is 0. The van der Waals surface area contributed by atoms with Gasteiger partial charge in [0.05, 0.1) is 0 Å². The van der Waals surface area contributed by atoms with E-state index in [1.165, 1.54) is 16.7 Å². The summed E-state index contributed by atoms with van der Waals surface area (Å²) in [6.45, 7) is 2.14. The molecule has 0 bridgehead atoms. The van der Waals surface area contributed by atoms with Gasteiger partial charge in [0.25, 0.3) is 0 Å². The number of rotatable bonds is 1. The topological polar surface area (TPSA) is 0 Å². The van der Waals surface area contributed by atoms with Gasteiger partial charge in [0.1, 0.15) is 0 Å². The van der Waals surface area contributed by atoms with Crippen molar-refractivity contribution in [1.82, 2.24) is 0 Å². The summed E-state index contributed by atoms with van der Waals surface area (Å²) < 4.78 is 0. The van der Waals surface area contributed by atoms with E-state index in [0.29, 0.717) is 0 Å². The first-order chi connectivity index (χ1) is 5.38. The van der Waals surface area contributed by atoms with E-state index in [1.54, 1.807) is 0 Å². The molecule has 0 N–H and O–H groups in total. The zero-order valence-corrected chi connectivity index (χ0v) is 8.66. The summed E-state index contributed by atoms with van der Waals surface area (Å²) in [5.74, 6) is 0. The lowest BCUT2D eigenvalue weighted by Gasteiger charge is -2.09. The highest BCUT2D eigenvalue weighted by Gasteiger charge is 2.03. The fourth-order valence-corrected chi connectivity index (χ4v) is 1.27. The highest BCUT2D eigenvalue weighted by atomic mass is 31.0. The van der Waals surface area contributed by atoms with E-state index >= 15 is 0 Å². The SMILES string of the molecule is Cc1ccccc1C1=CC=C1.P. The predicted molar refractivity (Wildman–Crippen MR) is 59.4 cm³/mol. The molecule has 62 valence electrons. The molecule has 0 radical (unpaired) electrons. The molecule has 0 amide bonds. The molecule has 12 heavy (non-hydrogen) atoms. The number of hydrogen-bond donors (Lipinski definition) is 0. The smallest absolute Gasteiger partial charge is 0.0155 e. The Morgan fingerprint density at radius 2 is 1.75 bits per heavy atom. The van der Waals surface area contributed by atoms with Crippen LogP contribution in [0.4, 0.5) is 0 Å². The quantitative estimate of drug-likeness (QED) is 0.577. The summed E-state index contributed by atoms with van der Waals surface area (Å²) in [5, 5.41) is 0. The molecule has 0 nitrogen and oxygen atoms in total. The van der Waals surface area contributed by atoms with Gasteiger partial charge in [0, 0.05) is 0 Å². The lowest BCUT2D eigenvalue weighted by atomic mass is 9.96. The van der Waals surface area contributed by atoms with Crippen LogP contribution >= 0.6 is 9.90 Å². The molecule has 1 aliphatic carbocycles. The van der Waals surface area contributed by atoms with Crippen molar-refractivity contribution >= 4 is 15.5 Å². The average Bonchev–Trinajstić information content (AvgIpc) is 1.90. The third kappa shape index (κ3) is 1.49. The second-order valence-corrected chi connectivity index (χ2v) is 2.80. The molecule has 0 aliphatic heterocycles. The van der Waals surface area contributed by atoms with Crippen molar-refractivity contribution < 1.29 is 0 Å². The molecule has 0 saturated carbocycles. The summed E-state index contributed by atoms with van der Waals surface area (Å²) in [5.41, 5.74) is 4.06. The third-order valence-corrected chi connectivity index (χ3v) is 2.01. The van der Waals surface area contributed by atoms with Crippen LogP contribution in [0.2, 0.25) is 0 Å². The highest BCUT2D eigenvalue weighted by molar-refractivity contribution is 6.92. The molecule has 0 saturated heterocycles. The van der Waals surface area contributed by atoms with Crippen LogP contribution < -0.4 is 0 Å². The van der Waals surface area contributed by atoms with Gasteiger partial charge in [-0.1, -0.05) is 42.5 Å². The van der Waals surface area contributed by atoms with E-state index in [-0.39, 0.29) is 9.90 Å². The normalized spacial score (nSPS) is 12.9. The Morgan fingerprint density at radius 3 is 2.25 bits per heavy atom. The first-order valence-corrected chi connectivity index (χ1v) is 3.82. The van der Waals surface area contributed by atoms with Crippen LogP contribution in [0.1, 0.15) is 11.1 Å². The van der Waals surface area contributed by atoms with Crippen LogP contribution in [0, 0.1) is 6.92 Å². The van der Waals surface area contributed by atoms with Gasteiger partial charge in [0.15, 0.2) is 0 Å². The number of hydrogen-bond acceptors (Lipinski definition) is 0. The monoisotopic (exact) mass is 176 g/mol. The summed E-state index contributed by atoms with van der Waals surface area (Å²) in [7, 11) is 0. The van der Waals surface area contributed by atoms with Crippen LogP contribution in [0.15, 0.2) is 42.5 Å². The first-order valence-electron chi connectivity index (χ1n) is 3.82. The van der Waals surface area contributed by atoms with Crippen molar-refractivity contribution in [3.8, 4) is 0 Å². The van der Waals surface area contributed by atoms with Crippen LogP contribution in [-0.2, 0) is 0 Å². The second-order valence-electron chi connectivity index (χ2n) is 2.80. The minimum absolute atomic E-state index is 0. The number of benzene rings is 1. The molecule has 1 atom stereocenters. The maximum absolute atomic E-state index is 2.16. The minimum atomic E-state index is 0. The van der Waals surface area contributed by atoms with E-state index < -0.39 is 0 Å². The molecule has 0 heterocycles. The van der Waals surface area contributed by atoms with E-state index in [9.17, 15) is 0 Å². The van der Waals surface area contributed by atoms with Crippen molar-refractivity contribution in [2.45, 2.75) is 6.92 Å². The van der Waals surface area contributed by atoms with Gasteiger partial charge >= 0.3 is 0 Å². The van der Waals surface area contributed by atoms with Gasteiger partial charge in [-0.2, -0.15) is 9.90 Å². The molecule has 1 aromatic carbocycles. The Kier molecular flexibility index (Phi) is 2.83. The molecule has 1 aliphatic rings. The van der Waals surface area contributed by atoms with Crippen LogP contribution in [0.25, 0.3) is 5.57 Å². The minimum Gasteiger partial charge on any atom is -0.153 e. The molecule has 1 aromatic rings. The molecule has 1 unspecified atom stereocenters.